The molecule has 5 rings (SSSR count). The molecule has 4 heterocycles. The number of nitrogens with one attached hydrogen (secondary N) is 3. The molecule has 10 heteroatoms. The van der Waals surface area contributed by atoms with E-state index in [1.807, 2.05) is 11.0 Å². The van der Waals surface area contributed by atoms with E-state index < -0.39 is 12.0 Å². The normalized spacial score (nSPS) is 17.6. The highest BCUT2D eigenvalue weighted by molar-refractivity contribution is 5.96. The van der Waals surface area contributed by atoms with Gasteiger partial charge in [-0.15, -0.1) is 0 Å². The number of fused-ring (bicyclic) bond motifs is 1. The van der Waals surface area contributed by atoms with Crippen LogP contribution in [0.2, 0.25) is 0 Å². The smallest absolute Gasteiger partial charge is 0.247 e. The Balaban J connectivity index is 1.42. The van der Waals surface area contributed by atoms with E-state index in [0.717, 1.165) is 60.7 Å². The largest absolute Gasteiger partial charge is 0.329 e. The van der Waals surface area contributed by atoms with Crippen molar-refractivity contribution in [1.29, 1.82) is 0 Å². The molecule has 1 amide bonds. The molecule has 0 saturated carbocycles. The minimum atomic E-state index is -0.582. The lowest BCUT2D eigenvalue weighted by Gasteiger charge is -2.35. The average molecular weight is 465 g/mol. The molecule has 3 N–H and O–H groups in total. The maximum atomic E-state index is 13.2. The van der Waals surface area contributed by atoms with Gasteiger partial charge in [-0.25, -0.2) is 9.97 Å². The van der Waals surface area contributed by atoms with Crippen molar-refractivity contribution in [2.24, 2.45) is 0 Å². The molecule has 0 aromatic carbocycles. The first kappa shape index (κ1) is 22.2. The van der Waals surface area contributed by atoms with Crippen molar-refractivity contribution < 1.29 is 9.18 Å². The third-order valence-corrected chi connectivity index (χ3v) is 6.44. The topological polar surface area (TPSA) is 112 Å². The number of pyridine rings is 1. The third kappa shape index (κ3) is 4.57. The van der Waals surface area contributed by atoms with Crippen molar-refractivity contribution >= 4 is 29.2 Å². The van der Waals surface area contributed by atoms with Crippen molar-refractivity contribution in [3.05, 3.63) is 47.3 Å². The minimum absolute atomic E-state index is 0.166. The minimum Gasteiger partial charge on any atom is -0.329 e. The molecule has 1 aliphatic heterocycles. The number of rotatable bonds is 6. The number of hydrogen-bond donors (Lipinski definition) is 3. The Morgan fingerprint density at radius 2 is 2.09 bits per heavy atom. The van der Waals surface area contributed by atoms with Gasteiger partial charge < -0.3 is 15.5 Å². The Hall–Kier alpha value is -3.56. The molecule has 178 valence electrons. The zero-order valence-electron chi connectivity index (χ0n) is 19.4. The van der Waals surface area contributed by atoms with E-state index in [4.69, 9.17) is 9.97 Å². The van der Waals surface area contributed by atoms with Gasteiger partial charge in [-0.3, -0.25) is 9.89 Å². The van der Waals surface area contributed by atoms with Crippen molar-refractivity contribution in [2.45, 2.75) is 64.3 Å². The third-order valence-electron chi connectivity index (χ3n) is 6.44. The van der Waals surface area contributed by atoms with E-state index in [9.17, 15) is 9.18 Å². The maximum absolute atomic E-state index is 13.2. The molecular weight excluding hydrogens is 435 g/mol. The molecule has 1 unspecified atom stereocenters. The number of H-pyrrole nitrogens is 1. The number of anilines is 4. The van der Waals surface area contributed by atoms with Gasteiger partial charge in [0.25, 0.3) is 0 Å². The van der Waals surface area contributed by atoms with Gasteiger partial charge in [0.05, 0.1) is 17.6 Å². The van der Waals surface area contributed by atoms with Crippen molar-refractivity contribution in [3.8, 4) is 0 Å². The van der Waals surface area contributed by atoms with Crippen LogP contribution in [-0.2, 0) is 17.6 Å². The maximum Gasteiger partial charge on any atom is 0.247 e. The molecule has 3 aromatic heterocycles. The molecule has 0 radical (unpaired) electrons. The van der Waals surface area contributed by atoms with Gasteiger partial charge in [-0.05, 0) is 56.6 Å². The van der Waals surface area contributed by atoms with Crippen LogP contribution in [-0.4, -0.2) is 43.6 Å². The van der Waals surface area contributed by atoms with Crippen LogP contribution in [0.25, 0.3) is 0 Å². The van der Waals surface area contributed by atoms with E-state index in [1.165, 1.54) is 18.3 Å². The summed E-state index contributed by atoms with van der Waals surface area (Å²) in [7, 11) is 0. The number of hydrogen-bond acceptors (Lipinski definition) is 7. The first-order valence-electron chi connectivity index (χ1n) is 11.9. The van der Waals surface area contributed by atoms with Crippen LogP contribution in [0.5, 0.6) is 0 Å². The van der Waals surface area contributed by atoms with E-state index in [2.05, 4.69) is 39.7 Å². The molecule has 3 aromatic rings. The summed E-state index contributed by atoms with van der Waals surface area (Å²) < 4.78 is 13.1. The van der Waals surface area contributed by atoms with Crippen molar-refractivity contribution in [1.82, 2.24) is 25.1 Å². The van der Waals surface area contributed by atoms with Gasteiger partial charge in [0, 0.05) is 23.9 Å². The van der Waals surface area contributed by atoms with E-state index in [-0.39, 0.29) is 5.91 Å². The fourth-order valence-corrected chi connectivity index (χ4v) is 4.59. The van der Waals surface area contributed by atoms with Gasteiger partial charge >= 0.3 is 0 Å². The van der Waals surface area contributed by atoms with Crippen LogP contribution in [0.15, 0.2) is 24.4 Å². The number of aryl methyl sites for hydroxylation is 1. The van der Waals surface area contributed by atoms with Gasteiger partial charge in [0.2, 0.25) is 17.8 Å². The quantitative estimate of drug-likeness (QED) is 0.471. The van der Waals surface area contributed by atoms with Crippen molar-refractivity contribution in [3.63, 3.8) is 0 Å². The lowest BCUT2D eigenvalue weighted by molar-refractivity contribution is -0.117. The lowest BCUT2D eigenvalue weighted by Crippen LogP contribution is -2.48. The number of halogens is 1. The first-order valence-corrected chi connectivity index (χ1v) is 11.9. The molecular formula is C24H29FN8O. The highest BCUT2D eigenvalue weighted by Gasteiger charge is 2.32. The monoisotopic (exact) mass is 464 g/mol. The van der Waals surface area contributed by atoms with Gasteiger partial charge in [-0.2, -0.15) is 14.5 Å². The zero-order chi connectivity index (χ0) is 23.7. The zero-order valence-corrected chi connectivity index (χ0v) is 19.4. The van der Waals surface area contributed by atoms with E-state index in [1.54, 1.807) is 0 Å². The van der Waals surface area contributed by atoms with Gasteiger partial charge in [0.1, 0.15) is 11.9 Å². The molecule has 1 atom stereocenters. The molecule has 2 aliphatic rings. The summed E-state index contributed by atoms with van der Waals surface area (Å²) in [5.41, 5.74) is 3.66. The Kier molecular flexibility index (Phi) is 6.12. The van der Waals surface area contributed by atoms with Gasteiger partial charge in [-0.1, -0.05) is 13.8 Å². The van der Waals surface area contributed by atoms with Gasteiger partial charge in [0.15, 0.2) is 5.82 Å². The fourth-order valence-electron chi connectivity index (χ4n) is 4.59. The summed E-state index contributed by atoms with van der Waals surface area (Å²) in [4.78, 5) is 28.5. The number of carbonyl (C=O) groups excluding carboxylic acids is 1. The molecule has 1 aliphatic carbocycles. The average Bonchev–Trinajstić information content (AvgIpc) is 3.50. The highest BCUT2D eigenvalue weighted by atomic mass is 19.1. The lowest BCUT2D eigenvalue weighted by atomic mass is 10.0. The second kappa shape index (κ2) is 9.36. The Bertz CT molecular complexity index is 1180. The number of aromatic amines is 1. The molecule has 9 nitrogen and oxygen atoms in total. The van der Waals surface area contributed by atoms with E-state index >= 15 is 0 Å². The Labute approximate surface area is 197 Å². The molecule has 34 heavy (non-hydrogen) atoms. The number of amides is 1. The van der Waals surface area contributed by atoms with Crippen LogP contribution >= 0.6 is 0 Å². The predicted octanol–water partition coefficient (Wildman–Crippen LogP) is 4.09. The Morgan fingerprint density at radius 3 is 2.85 bits per heavy atom. The number of piperidine rings is 1. The van der Waals surface area contributed by atoms with Crippen LogP contribution in [0.3, 0.4) is 0 Å². The van der Waals surface area contributed by atoms with Crippen molar-refractivity contribution in [2.75, 3.05) is 22.1 Å². The number of nitrogens with zero attached hydrogens (tertiary/aromatic N) is 5. The Morgan fingerprint density at radius 1 is 1.21 bits per heavy atom. The molecule has 1 fully saturated rings. The summed E-state index contributed by atoms with van der Waals surface area (Å²) >= 11 is 0. The molecule has 1 saturated heterocycles. The predicted molar refractivity (Wildman–Crippen MR) is 128 cm³/mol. The number of aromatic nitrogens is 5. The summed E-state index contributed by atoms with van der Waals surface area (Å²) in [6.07, 6.45) is 6.76. The molecule has 0 spiro atoms. The standard InChI is InChI=1S/C24H29FN8O/c1-14(2)18-12-21(32-31-18)29-22-16-6-5-7-17(16)28-24(30-22)33-11-4-3-8-19(33)23(34)27-15-9-10-20(25)26-13-15/h9-10,12-14,19H,3-8,11H2,1-2H3,(H,27,34)(H2,28,29,30,31,32). The van der Waals surface area contributed by atoms with Crippen LogP contribution < -0.4 is 15.5 Å². The van der Waals surface area contributed by atoms with Crippen LogP contribution in [0.1, 0.15) is 62.4 Å². The van der Waals surface area contributed by atoms with Crippen LogP contribution in [0, 0.1) is 5.95 Å². The summed E-state index contributed by atoms with van der Waals surface area (Å²) in [5.74, 6) is 1.63. The van der Waals surface area contributed by atoms with Crippen LogP contribution in [0.4, 0.5) is 27.7 Å². The number of carbonyl (C=O) groups is 1. The SMILES string of the molecule is CC(C)c1cc(Nc2nc(N3CCCCC3C(=O)Nc3ccc(F)nc3)nc3c2CCC3)n[nH]1. The second-order valence-electron chi connectivity index (χ2n) is 9.20. The first-order chi connectivity index (χ1) is 16.5. The fraction of sp³-hybridized carbons (Fsp3) is 0.458. The summed E-state index contributed by atoms with van der Waals surface area (Å²) in [6.45, 7) is 4.92. The summed E-state index contributed by atoms with van der Waals surface area (Å²) in [6, 6.07) is 4.33. The highest BCUT2D eigenvalue weighted by Crippen LogP contribution is 2.32. The second-order valence-corrected chi connectivity index (χ2v) is 9.20. The molecule has 0 bridgehead atoms. The van der Waals surface area contributed by atoms with E-state index in [0.29, 0.717) is 30.5 Å². The summed E-state index contributed by atoms with van der Waals surface area (Å²) in [5, 5.41) is 13.7.